The number of amides is 1. The highest BCUT2D eigenvalue weighted by Crippen LogP contribution is 2.08. The molecule has 1 N–H and O–H groups in total. The summed E-state index contributed by atoms with van der Waals surface area (Å²) in [7, 11) is 1.37. The Morgan fingerprint density at radius 1 is 1.39 bits per heavy atom. The Morgan fingerprint density at radius 2 is 2.17 bits per heavy atom. The van der Waals surface area contributed by atoms with Crippen LogP contribution in [-0.4, -0.2) is 25.5 Å². The minimum Gasteiger partial charge on any atom is -0.469 e. The van der Waals surface area contributed by atoms with Gasteiger partial charge in [-0.25, -0.2) is 0 Å². The maximum absolute atomic E-state index is 11.1. The first-order valence-electron chi connectivity index (χ1n) is 5.68. The van der Waals surface area contributed by atoms with Crippen LogP contribution < -0.4 is 5.32 Å². The molecule has 96 valence electrons. The smallest absolute Gasteiger partial charge is 0.309 e. The molecule has 0 aliphatic rings. The Labute approximate surface area is 107 Å². The second-order valence-electron chi connectivity index (χ2n) is 3.84. The number of carbonyl (C=O) groups excluding carboxylic acids is 2. The summed E-state index contributed by atoms with van der Waals surface area (Å²) < 4.78 is 4.61. The Bertz CT molecular complexity index is 452. The Kier molecular flexibility index (Phi) is 5.64. The molecule has 0 radical (unpaired) electrons. The third-order valence-corrected chi connectivity index (χ3v) is 2.31. The summed E-state index contributed by atoms with van der Waals surface area (Å²) in [5.74, 6) is -0.312. The molecule has 1 amide bonds. The Morgan fingerprint density at radius 3 is 2.83 bits per heavy atom. The molecule has 0 unspecified atom stereocenters. The van der Waals surface area contributed by atoms with Gasteiger partial charge in [0, 0.05) is 13.5 Å². The molecule has 0 aliphatic heterocycles. The number of rotatable bonds is 5. The molecule has 0 atom stereocenters. The van der Waals surface area contributed by atoms with E-state index in [1.165, 1.54) is 14.0 Å². The van der Waals surface area contributed by atoms with Gasteiger partial charge in [-0.05, 0) is 11.1 Å². The first kappa shape index (κ1) is 14.0. The van der Waals surface area contributed by atoms with Crippen molar-refractivity contribution in [1.29, 1.82) is 0 Å². The zero-order chi connectivity index (χ0) is 13.4. The van der Waals surface area contributed by atoms with E-state index >= 15 is 0 Å². The van der Waals surface area contributed by atoms with E-state index in [-0.39, 0.29) is 18.3 Å². The van der Waals surface area contributed by atoms with Gasteiger partial charge in [-0.1, -0.05) is 36.4 Å². The summed E-state index contributed by atoms with van der Waals surface area (Å²) >= 11 is 0. The number of ether oxygens (including phenoxy) is 1. The van der Waals surface area contributed by atoms with Crippen LogP contribution in [0, 0.1) is 0 Å². The lowest BCUT2D eigenvalue weighted by molar-refractivity contribution is -0.139. The molecule has 18 heavy (non-hydrogen) atoms. The second-order valence-corrected chi connectivity index (χ2v) is 3.84. The van der Waals surface area contributed by atoms with E-state index in [1.807, 2.05) is 36.4 Å². The molecule has 0 bridgehead atoms. The summed E-state index contributed by atoms with van der Waals surface area (Å²) in [5.41, 5.74) is 1.89. The van der Waals surface area contributed by atoms with E-state index in [0.717, 1.165) is 11.1 Å². The van der Waals surface area contributed by atoms with Crippen molar-refractivity contribution in [3.8, 4) is 0 Å². The minimum absolute atomic E-state index is 0.0564. The topological polar surface area (TPSA) is 55.4 Å². The van der Waals surface area contributed by atoms with Crippen molar-refractivity contribution in [3.63, 3.8) is 0 Å². The van der Waals surface area contributed by atoms with Gasteiger partial charge in [0.15, 0.2) is 0 Å². The fourth-order valence-electron chi connectivity index (χ4n) is 1.44. The lowest BCUT2D eigenvalue weighted by atomic mass is 10.1. The van der Waals surface area contributed by atoms with Crippen LogP contribution in [0.15, 0.2) is 30.3 Å². The molecule has 0 saturated carbocycles. The van der Waals surface area contributed by atoms with Gasteiger partial charge >= 0.3 is 5.97 Å². The highest BCUT2D eigenvalue weighted by Gasteiger charge is 2.02. The monoisotopic (exact) mass is 247 g/mol. The van der Waals surface area contributed by atoms with E-state index in [4.69, 9.17) is 0 Å². The van der Waals surface area contributed by atoms with Crippen molar-refractivity contribution in [2.75, 3.05) is 13.7 Å². The lowest BCUT2D eigenvalue weighted by Crippen LogP contribution is -2.19. The largest absolute Gasteiger partial charge is 0.469 e. The van der Waals surface area contributed by atoms with Crippen LogP contribution >= 0.6 is 0 Å². The fraction of sp³-hybridized carbons (Fsp3) is 0.286. The van der Waals surface area contributed by atoms with Gasteiger partial charge in [0.05, 0.1) is 13.5 Å². The van der Waals surface area contributed by atoms with Crippen LogP contribution in [0.25, 0.3) is 6.08 Å². The van der Waals surface area contributed by atoms with E-state index in [1.54, 1.807) is 0 Å². The third kappa shape index (κ3) is 5.30. The van der Waals surface area contributed by atoms with E-state index in [9.17, 15) is 9.59 Å². The molecule has 4 heteroatoms. The van der Waals surface area contributed by atoms with Gasteiger partial charge in [-0.15, -0.1) is 0 Å². The number of hydrogen-bond donors (Lipinski definition) is 1. The summed E-state index contributed by atoms with van der Waals surface area (Å²) in [6, 6.07) is 7.62. The van der Waals surface area contributed by atoms with Gasteiger partial charge in [0.2, 0.25) is 5.91 Å². The highest BCUT2D eigenvalue weighted by molar-refractivity contribution is 5.73. The van der Waals surface area contributed by atoms with Gasteiger partial charge in [0.1, 0.15) is 0 Å². The molecule has 1 aromatic rings. The van der Waals surface area contributed by atoms with Crippen molar-refractivity contribution in [2.45, 2.75) is 13.3 Å². The molecular weight excluding hydrogens is 230 g/mol. The van der Waals surface area contributed by atoms with Crippen molar-refractivity contribution in [1.82, 2.24) is 5.32 Å². The number of esters is 1. The van der Waals surface area contributed by atoms with Crippen LogP contribution in [-0.2, 0) is 20.7 Å². The number of benzene rings is 1. The van der Waals surface area contributed by atoms with Gasteiger partial charge in [-0.2, -0.15) is 0 Å². The molecule has 0 aliphatic carbocycles. The predicted octanol–water partition coefficient (Wildman–Crippen LogP) is 1.55. The molecule has 0 fully saturated rings. The summed E-state index contributed by atoms with van der Waals surface area (Å²) in [6.07, 6.45) is 4.03. The van der Waals surface area contributed by atoms with E-state index in [0.29, 0.717) is 6.54 Å². The van der Waals surface area contributed by atoms with Crippen LogP contribution in [0.3, 0.4) is 0 Å². The van der Waals surface area contributed by atoms with Crippen LogP contribution in [0.5, 0.6) is 0 Å². The average Bonchev–Trinajstić information content (AvgIpc) is 2.35. The van der Waals surface area contributed by atoms with Gasteiger partial charge in [-0.3, -0.25) is 9.59 Å². The molecule has 0 saturated heterocycles. The van der Waals surface area contributed by atoms with Gasteiger partial charge < -0.3 is 10.1 Å². The number of carbonyl (C=O) groups is 2. The number of methoxy groups -OCH3 is 1. The van der Waals surface area contributed by atoms with Crippen LogP contribution in [0.1, 0.15) is 18.1 Å². The quantitative estimate of drug-likeness (QED) is 0.803. The standard InChI is InChI=1S/C14H17NO3/c1-11(16)15-8-4-7-12-5-3-6-13(9-12)10-14(17)18-2/h3-7,9H,8,10H2,1-2H3,(H,15,16). The van der Waals surface area contributed by atoms with Crippen molar-refractivity contribution in [3.05, 3.63) is 41.5 Å². The maximum atomic E-state index is 11.1. The molecule has 1 aromatic carbocycles. The van der Waals surface area contributed by atoms with Gasteiger partial charge in [0.25, 0.3) is 0 Å². The molecule has 0 heterocycles. The third-order valence-electron chi connectivity index (χ3n) is 2.31. The molecular formula is C14H17NO3. The van der Waals surface area contributed by atoms with E-state index in [2.05, 4.69) is 10.1 Å². The normalized spacial score (nSPS) is 10.3. The SMILES string of the molecule is COC(=O)Cc1cccc(C=CCNC(C)=O)c1. The Hall–Kier alpha value is -2.10. The van der Waals surface area contributed by atoms with E-state index < -0.39 is 0 Å². The maximum Gasteiger partial charge on any atom is 0.309 e. The fourth-order valence-corrected chi connectivity index (χ4v) is 1.44. The lowest BCUT2D eigenvalue weighted by Gasteiger charge is -2.01. The zero-order valence-corrected chi connectivity index (χ0v) is 10.6. The number of nitrogens with one attached hydrogen (secondary N) is 1. The first-order chi connectivity index (χ1) is 8.61. The summed E-state index contributed by atoms with van der Waals surface area (Å²) in [6.45, 7) is 1.97. The van der Waals surface area contributed by atoms with Crippen molar-refractivity contribution in [2.24, 2.45) is 0 Å². The summed E-state index contributed by atoms with van der Waals surface area (Å²) in [4.78, 5) is 21.8. The molecule has 4 nitrogen and oxygen atoms in total. The zero-order valence-electron chi connectivity index (χ0n) is 10.6. The second kappa shape index (κ2) is 7.27. The van der Waals surface area contributed by atoms with Crippen molar-refractivity contribution >= 4 is 18.0 Å². The average molecular weight is 247 g/mol. The number of hydrogen-bond acceptors (Lipinski definition) is 3. The Balaban J connectivity index is 2.59. The van der Waals surface area contributed by atoms with Crippen LogP contribution in [0.4, 0.5) is 0 Å². The predicted molar refractivity (Wildman–Crippen MR) is 69.9 cm³/mol. The van der Waals surface area contributed by atoms with Crippen LogP contribution in [0.2, 0.25) is 0 Å². The summed E-state index contributed by atoms with van der Waals surface area (Å²) in [5, 5.41) is 2.67. The molecule has 1 rings (SSSR count). The highest BCUT2D eigenvalue weighted by atomic mass is 16.5. The van der Waals surface area contributed by atoms with Crippen molar-refractivity contribution < 1.29 is 14.3 Å². The molecule has 0 spiro atoms. The molecule has 0 aromatic heterocycles. The minimum atomic E-state index is -0.255. The first-order valence-corrected chi connectivity index (χ1v) is 5.68.